The summed E-state index contributed by atoms with van der Waals surface area (Å²) in [5, 5.41) is 11.1. The van der Waals surface area contributed by atoms with Gasteiger partial charge in [0.15, 0.2) is 0 Å². The van der Waals surface area contributed by atoms with Gasteiger partial charge < -0.3 is 5.32 Å². The van der Waals surface area contributed by atoms with Gasteiger partial charge in [-0.15, -0.1) is 5.10 Å². The van der Waals surface area contributed by atoms with E-state index in [-0.39, 0.29) is 22.8 Å². The summed E-state index contributed by atoms with van der Waals surface area (Å²) in [4.78, 5) is 12.2. The minimum Gasteiger partial charge on any atom is -0.356 e. The SMILES string of the molecule is CCNC(=O)C1CCN(S(=O)(=O)c2ccc3c(c2)nnn3[C@@H](C)CC)CC1. The van der Waals surface area contributed by atoms with Gasteiger partial charge in [0.1, 0.15) is 5.52 Å². The first-order chi connectivity index (χ1) is 12.9. The van der Waals surface area contributed by atoms with Crippen LogP contribution in [0.1, 0.15) is 46.1 Å². The molecule has 3 rings (SSSR count). The number of hydrogen-bond donors (Lipinski definition) is 1. The molecule has 1 amide bonds. The maximum atomic E-state index is 13.0. The summed E-state index contributed by atoms with van der Waals surface area (Å²) in [7, 11) is -3.61. The average Bonchev–Trinajstić information content (AvgIpc) is 3.11. The van der Waals surface area contributed by atoms with Crippen LogP contribution in [0.5, 0.6) is 0 Å². The van der Waals surface area contributed by atoms with Crippen LogP contribution in [-0.4, -0.2) is 53.3 Å². The van der Waals surface area contributed by atoms with Gasteiger partial charge >= 0.3 is 0 Å². The fraction of sp³-hybridized carbons (Fsp3) is 0.611. The predicted molar refractivity (Wildman–Crippen MR) is 103 cm³/mol. The van der Waals surface area contributed by atoms with Crippen LogP contribution in [0.15, 0.2) is 23.1 Å². The Kier molecular flexibility index (Phi) is 5.81. The molecule has 27 heavy (non-hydrogen) atoms. The van der Waals surface area contributed by atoms with E-state index < -0.39 is 10.0 Å². The third-order valence-corrected chi connectivity index (χ3v) is 7.16. The highest BCUT2D eigenvalue weighted by Gasteiger charge is 2.32. The molecule has 0 unspecified atom stereocenters. The molecule has 1 aliphatic heterocycles. The van der Waals surface area contributed by atoms with Gasteiger partial charge in [-0.25, -0.2) is 13.1 Å². The first-order valence-corrected chi connectivity index (χ1v) is 10.9. The van der Waals surface area contributed by atoms with Crippen LogP contribution in [0.4, 0.5) is 0 Å². The van der Waals surface area contributed by atoms with Gasteiger partial charge in [-0.05, 0) is 51.3 Å². The molecule has 1 saturated heterocycles. The van der Waals surface area contributed by atoms with Crippen molar-refractivity contribution in [1.29, 1.82) is 0 Å². The standard InChI is InChI=1S/C18H27N5O3S/c1-4-13(3)23-17-7-6-15(12-16(17)20-21-23)27(25,26)22-10-8-14(9-11-22)18(24)19-5-2/h6-7,12-14H,4-5,8-11H2,1-3H3,(H,19,24)/t13-/m0/s1. The van der Waals surface area contributed by atoms with E-state index in [4.69, 9.17) is 0 Å². The fourth-order valence-corrected chi connectivity index (χ4v) is 4.90. The molecule has 1 atom stereocenters. The van der Waals surface area contributed by atoms with Crippen LogP contribution >= 0.6 is 0 Å². The maximum absolute atomic E-state index is 13.0. The molecule has 0 aliphatic carbocycles. The van der Waals surface area contributed by atoms with Crippen LogP contribution in [0.2, 0.25) is 0 Å². The molecule has 1 aromatic heterocycles. The number of piperidine rings is 1. The summed E-state index contributed by atoms with van der Waals surface area (Å²) in [5.41, 5.74) is 1.41. The molecular weight excluding hydrogens is 366 g/mol. The second-order valence-electron chi connectivity index (χ2n) is 7.01. The molecule has 1 aliphatic rings. The van der Waals surface area contributed by atoms with Crippen molar-refractivity contribution in [1.82, 2.24) is 24.6 Å². The molecule has 0 saturated carbocycles. The van der Waals surface area contributed by atoms with E-state index >= 15 is 0 Å². The Balaban J connectivity index is 1.78. The number of nitrogens with one attached hydrogen (secondary N) is 1. The molecule has 1 fully saturated rings. The Bertz CT molecular complexity index is 916. The second-order valence-corrected chi connectivity index (χ2v) is 8.95. The van der Waals surface area contributed by atoms with Gasteiger partial charge in [-0.1, -0.05) is 12.1 Å². The quantitative estimate of drug-likeness (QED) is 0.809. The van der Waals surface area contributed by atoms with Crippen molar-refractivity contribution in [3.63, 3.8) is 0 Å². The lowest BCUT2D eigenvalue weighted by Gasteiger charge is -2.30. The lowest BCUT2D eigenvalue weighted by Crippen LogP contribution is -2.42. The number of carbonyl (C=O) groups excluding carboxylic acids is 1. The van der Waals surface area contributed by atoms with Crippen molar-refractivity contribution in [3.05, 3.63) is 18.2 Å². The number of hydrogen-bond acceptors (Lipinski definition) is 5. The molecule has 1 aromatic carbocycles. The summed E-state index contributed by atoms with van der Waals surface area (Å²) in [6.07, 6.45) is 1.99. The maximum Gasteiger partial charge on any atom is 0.243 e. The van der Waals surface area contributed by atoms with E-state index in [9.17, 15) is 13.2 Å². The Hall–Kier alpha value is -2.00. The number of rotatable bonds is 6. The molecular formula is C18H27N5O3S. The third kappa shape index (κ3) is 3.84. The molecule has 9 heteroatoms. The highest BCUT2D eigenvalue weighted by atomic mass is 32.2. The van der Waals surface area contributed by atoms with E-state index in [2.05, 4.69) is 29.5 Å². The molecule has 0 bridgehead atoms. The van der Waals surface area contributed by atoms with Crippen molar-refractivity contribution in [2.24, 2.45) is 5.92 Å². The van der Waals surface area contributed by atoms with Gasteiger partial charge in [0.25, 0.3) is 0 Å². The summed E-state index contributed by atoms with van der Waals surface area (Å²) < 4.78 is 29.3. The Morgan fingerprint density at radius 1 is 1.30 bits per heavy atom. The number of benzene rings is 1. The lowest BCUT2D eigenvalue weighted by atomic mass is 9.97. The van der Waals surface area contributed by atoms with Gasteiger partial charge in [-0.2, -0.15) is 4.31 Å². The zero-order valence-corrected chi connectivity index (χ0v) is 16.9. The summed E-state index contributed by atoms with van der Waals surface area (Å²) in [6, 6.07) is 5.18. The first kappa shape index (κ1) is 19.8. The number of nitrogens with zero attached hydrogens (tertiary/aromatic N) is 4. The predicted octanol–water partition coefficient (Wildman–Crippen LogP) is 1.94. The number of amides is 1. The van der Waals surface area contributed by atoms with Gasteiger partial charge in [-0.3, -0.25) is 4.79 Å². The van der Waals surface area contributed by atoms with Crippen LogP contribution in [-0.2, 0) is 14.8 Å². The van der Waals surface area contributed by atoms with Gasteiger partial charge in [0.05, 0.1) is 16.5 Å². The Morgan fingerprint density at radius 2 is 2.00 bits per heavy atom. The molecule has 2 aromatic rings. The molecule has 1 N–H and O–H groups in total. The van der Waals surface area contributed by atoms with Crippen molar-refractivity contribution in [2.75, 3.05) is 19.6 Å². The highest BCUT2D eigenvalue weighted by molar-refractivity contribution is 7.89. The van der Waals surface area contributed by atoms with E-state index in [0.29, 0.717) is 38.0 Å². The molecule has 8 nitrogen and oxygen atoms in total. The van der Waals surface area contributed by atoms with Gasteiger partial charge in [0, 0.05) is 25.6 Å². The summed E-state index contributed by atoms with van der Waals surface area (Å²) in [6.45, 7) is 7.29. The number of aromatic nitrogens is 3. The largest absolute Gasteiger partial charge is 0.356 e. The Labute approximate surface area is 160 Å². The van der Waals surface area contributed by atoms with Crippen LogP contribution < -0.4 is 5.32 Å². The minimum atomic E-state index is -3.61. The number of carbonyl (C=O) groups is 1. The van der Waals surface area contributed by atoms with Gasteiger partial charge in [0.2, 0.25) is 15.9 Å². The van der Waals surface area contributed by atoms with E-state index in [1.54, 1.807) is 18.2 Å². The van der Waals surface area contributed by atoms with Crippen molar-refractivity contribution < 1.29 is 13.2 Å². The van der Waals surface area contributed by atoms with E-state index in [1.165, 1.54) is 4.31 Å². The summed E-state index contributed by atoms with van der Waals surface area (Å²) >= 11 is 0. The van der Waals surface area contributed by atoms with Crippen LogP contribution in [0, 0.1) is 5.92 Å². The minimum absolute atomic E-state index is 0.0117. The van der Waals surface area contributed by atoms with Crippen LogP contribution in [0.3, 0.4) is 0 Å². The first-order valence-electron chi connectivity index (χ1n) is 9.51. The van der Waals surface area contributed by atoms with E-state index in [1.807, 2.05) is 11.6 Å². The zero-order valence-electron chi connectivity index (χ0n) is 16.1. The molecule has 148 valence electrons. The zero-order chi connectivity index (χ0) is 19.6. The average molecular weight is 394 g/mol. The van der Waals surface area contributed by atoms with Crippen molar-refractivity contribution in [2.45, 2.75) is 51.0 Å². The number of fused-ring (bicyclic) bond motifs is 1. The summed E-state index contributed by atoms with van der Waals surface area (Å²) in [5.74, 6) is -0.105. The monoisotopic (exact) mass is 393 g/mol. The third-order valence-electron chi connectivity index (χ3n) is 5.26. The molecule has 2 heterocycles. The van der Waals surface area contributed by atoms with E-state index in [0.717, 1.165) is 11.9 Å². The highest BCUT2D eigenvalue weighted by Crippen LogP contribution is 2.26. The second kappa shape index (κ2) is 7.93. The lowest BCUT2D eigenvalue weighted by molar-refractivity contribution is -0.126. The Morgan fingerprint density at radius 3 is 2.63 bits per heavy atom. The topological polar surface area (TPSA) is 97.2 Å². The van der Waals surface area contributed by atoms with Crippen LogP contribution in [0.25, 0.3) is 11.0 Å². The smallest absolute Gasteiger partial charge is 0.243 e. The molecule has 0 spiro atoms. The van der Waals surface area contributed by atoms with Crippen molar-refractivity contribution >= 4 is 27.0 Å². The normalized spacial score (nSPS) is 17.9. The van der Waals surface area contributed by atoms with Crippen molar-refractivity contribution in [3.8, 4) is 0 Å². The molecule has 0 radical (unpaired) electrons. The fourth-order valence-electron chi connectivity index (χ4n) is 3.41. The number of sulfonamides is 1.